The van der Waals surface area contributed by atoms with Gasteiger partial charge in [0.1, 0.15) is 5.75 Å². The highest BCUT2D eigenvalue weighted by atomic mass is 19.4. The largest absolute Gasteiger partial charge is 0.507 e. The molecule has 0 bridgehead atoms. The summed E-state index contributed by atoms with van der Waals surface area (Å²) < 4.78 is 38.1. The summed E-state index contributed by atoms with van der Waals surface area (Å²) in [6.45, 7) is 5.57. The van der Waals surface area contributed by atoms with E-state index in [1.807, 2.05) is 19.9 Å². The molecular weight excluding hydrogens is 359 g/mol. The van der Waals surface area contributed by atoms with Crippen LogP contribution >= 0.6 is 0 Å². The number of nitrogens with one attached hydrogen (secondary N) is 1. The second-order valence-corrected chi connectivity index (χ2v) is 5.69. The first-order valence-electron chi connectivity index (χ1n) is 8.34. The molecule has 144 valence electrons. The molecule has 0 aliphatic rings. The van der Waals surface area contributed by atoms with Gasteiger partial charge in [-0.05, 0) is 44.2 Å². The number of alkyl halides is 3. The van der Waals surface area contributed by atoms with Gasteiger partial charge in [-0.25, -0.2) is 5.43 Å². The standard InChI is InChI=1S/C19H20F3N3O2/c1-3-25(4-2)16-9-8-14(17(26)11-16)12-23-24-18(27)13-6-5-7-15(10-13)19(20,21)22/h5-12,26H,3-4H2,1-2H3,(H,24,27)/b23-12-. The van der Waals surface area contributed by atoms with Crippen molar-refractivity contribution in [2.24, 2.45) is 5.10 Å². The number of anilines is 1. The van der Waals surface area contributed by atoms with Gasteiger partial charge in [-0.2, -0.15) is 18.3 Å². The molecule has 0 saturated heterocycles. The third-order valence-corrected chi connectivity index (χ3v) is 3.96. The van der Waals surface area contributed by atoms with Crippen molar-refractivity contribution in [3.63, 3.8) is 0 Å². The number of hydrogen-bond acceptors (Lipinski definition) is 4. The van der Waals surface area contributed by atoms with E-state index in [9.17, 15) is 23.1 Å². The number of rotatable bonds is 6. The molecule has 0 saturated carbocycles. The van der Waals surface area contributed by atoms with Gasteiger partial charge in [-0.3, -0.25) is 4.79 Å². The van der Waals surface area contributed by atoms with Gasteiger partial charge in [0.15, 0.2) is 0 Å². The zero-order chi connectivity index (χ0) is 20.0. The highest BCUT2D eigenvalue weighted by Crippen LogP contribution is 2.29. The Balaban J connectivity index is 2.08. The van der Waals surface area contributed by atoms with Crippen LogP contribution in [0, 0.1) is 0 Å². The monoisotopic (exact) mass is 379 g/mol. The molecule has 0 fully saturated rings. The number of aromatic hydroxyl groups is 1. The molecule has 27 heavy (non-hydrogen) atoms. The second kappa shape index (κ2) is 8.57. The third kappa shape index (κ3) is 5.22. The SMILES string of the molecule is CCN(CC)c1ccc(/C=N\NC(=O)c2cccc(C(F)(F)F)c2)c(O)c1. The topological polar surface area (TPSA) is 64.9 Å². The number of carbonyl (C=O) groups is 1. The number of hydrazone groups is 1. The van der Waals surface area contributed by atoms with E-state index < -0.39 is 17.6 Å². The maximum absolute atomic E-state index is 12.7. The van der Waals surface area contributed by atoms with Crippen LogP contribution in [0.3, 0.4) is 0 Å². The number of amides is 1. The smallest absolute Gasteiger partial charge is 0.416 e. The van der Waals surface area contributed by atoms with E-state index in [0.29, 0.717) is 5.56 Å². The molecule has 2 aromatic rings. The molecule has 0 unspecified atom stereocenters. The van der Waals surface area contributed by atoms with E-state index in [0.717, 1.165) is 37.0 Å². The molecule has 2 N–H and O–H groups in total. The molecule has 0 spiro atoms. The highest BCUT2D eigenvalue weighted by molar-refractivity contribution is 5.95. The van der Waals surface area contributed by atoms with Gasteiger partial charge in [-0.1, -0.05) is 6.07 Å². The number of hydrogen-bond donors (Lipinski definition) is 2. The first-order chi connectivity index (χ1) is 12.8. The first-order valence-corrected chi connectivity index (χ1v) is 8.34. The Morgan fingerprint density at radius 1 is 1.19 bits per heavy atom. The average molecular weight is 379 g/mol. The molecule has 2 aromatic carbocycles. The van der Waals surface area contributed by atoms with Gasteiger partial charge in [0.25, 0.3) is 5.91 Å². The normalized spacial score (nSPS) is 11.6. The summed E-state index contributed by atoms with van der Waals surface area (Å²) in [4.78, 5) is 14.0. The molecule has 0 heterocycles. The van der Waals surface area contributed by atoms with Crippen molar-refractivity contribution >= 4 is 17.8 Å². The van der Waals surface area contributed by atoms with Gasteiger partial charge < -0.3 is 10.0 Å². The minimum Gasteiger partial charge on any atom is -0.507 e. The number of carbonyl (C=O) groups excluding carboxylic acids is 1. The highest BCUT2D eigenvalue weighted by Gasteiger charge is 2.30. The lowest BCUT2D eigenvalue weighted by Crippen LogP contribution is -2.21. The Hall–Kier alpha value is -3.03. The van der Waals surface area contributed by atoms with Gasteiger partial charge in [0, 0.05) is 36.0 Å². The molecule has 2 rings (SSSR count). The number of nitrogens with zero attached hydrogens (tertiary/aromatic N) is 2. The summed E-state index contributed by atoms with van der Waals surface area (Å²) in [6, 6.07) is 9.08. The summed E-state index contributed by atoms with van der Waals surface area (Å²) in [5.74, 6) is -0.798. The van der Waals surface area contributed by atoms with E-state index in [4.69, 9.17) is 0 Å². The Labute approximate surface area is 155 Å². The number of benzene rings is 2. The van der Waals surface area contributed by atoms with Crippen LogP contribution in [0.1, 0.15) is 35.3 Å². The van der Waals surface area contributed by atoms with Crippen LogP contribution in [0.15, 0.2) is 47.6 Å². The lowest BCUT2D eigenvalue weighted by molar-refractivity contribution is -0.137. The Morgan fingerprint density at radius 2 is 1.89 bits per heavy atom. The van der Waals surface area contributed by atoms with Crippen molar-refractivity contribution in [1.82, 2.24) is 5.43 Å². The minimum absolute atomic E-state index is 0.0172. The Kier molecular flexibility index (Phi) is 6.44. The van der Waals surface area contributed by atoms with Crippen molar-refractivity contribution in [1.29, 1.82) is 0 Å². The number of halogens is 3. The van der Waals surface area contributed by atoms with Crippen LogP contribution in [0.5, 0.6) is 5.75 Å². The molecule has 8 heteroatoms. The van der Waals surface area contributed by atoms with Crippen LogP contribution in [0.2, 0.25) is 0 Å². The zero-order valence-corrected chi connectivity index (χ0v) is 14.9. The molecule has 0 radical (unpaired) electrons. The van der Waals surface area contributed by atoms with E-state index in [-0.39, 0.29) is 11.3 Å². The van der Waals surface area contributed by atoms with E-state index in [1.165, 1.54) is 12.3 Å². The summed E-state index contributed by atoms with van der Waals surface area (Å²) in [6.07, 6.45) is -3.30. The number of phenolic OH excluding ortho intramolecular Hbond substituents is 1. The van der Waals surface area contributed by atoms with E-state index in [2.05, 4.69) is 15.4 Å². The van der Waals surface area contributed by atoms with Gasteiger partial charge in [0.05, 0.1) is 11.8 Å². The average Bonchev–Trinajstić information content (AvgIpc) is 2.63. The van der Waals surface area contributed by atoms with Crippen molar-refractivity contribution in [3.8, 4) is 5.75 Å². The third-order valence-electron chi connectivity index (χ3n) is 3.96. The van der Waals surface area contributed by atoms with Crippen molar-refractivity contribution in [3.05, 3.63) is 59.2 Å². The van der Waals surface area contributed by atoms with Gasteiger partial charge >= 0.3 is 6.18 Å². The maximum Gasteiger partial charge on any atom is 0.416 e. The fourth-order valence-electron chi connectivity index (χ4n) is 2.49. The van der Waals surface area contributed by atoms with Crippen molar-refractivity contribution in [2.75, 3.05) is 18.0 Å². The lowest BCUT2D eigenvalue weighted by atomic mass is 10.1. The van der Waals surface area contributed by atoms with E-state index >= 15 is 0 Å². The predicted molar refractivity (Wildman–Crippen MR) is 98.2 cm³/mol. The van der Waals surface area contributed by atoms with Crippen LogP contribution in [0.4, 0.5) is 18.9 Å². The van der Waals surface area contributed by atoms with Gasteiger partial charge in [0.2, 0.25) is 0 Å². The van der Waals surface area contributed by atoms with E-state index in [1.54, 1.807) is 12.1 Å². The molecule has 1 amide bonds. The Bertz CT molecular complexity index is 831. The van der Waals surface area contributed by atoms with Crippen LogP contribution in [0.25, 0.3) is 0 Å². The molecule has 0 aliphatic carbocycles. The first kappa shape index (κ1) is 20.3. The summed E-state index contributed by atoms with van der Waals surface area (Å²) in [5, 5.41) is 13.8. The molecule has 0 aromatic heterocycles. The minimum atomic E-state index is -4.53. The van der Waals surface area contributed by atoms with Crippen molar-refractivity contribution in [2.45, 2.75) is 20.0 Å². The quantitative estimate of drug-likeness (QED) is 0.589. The molecular formula is C19H20F3N3O2. The molecule has 0 aliphatic heterocycles. The number of phenols is 1. The van der Waals surface area contributed by atoms with Crippen molar-refractivity contribution < 1.29 is 23.1 Å². The Morgan fingerprint density at radius 3 is 2.48 bits per heavy atom. The second-order valence-electron chi connectivity index (χ2n) is 5.69. The van der Waals surface area contributed by atoms with Crippen LogP contribution < -0.4 is 10.3 Å². The summed E-state index contributed by atoms with van der Waals surface area (Å²) in [7, 11) is 0. The fourth-order valence-corrected chi connectivity index (χ4v) is 2.49. The lowest BCUT2D eigenvalue weighted by Gasteiger charge is -2.21. The zero-order valence-electron chi connectivity index (χ0n) is 14.9. The van der Waals surface area contributed by atoms with Crippen LogP contribution in [-0.4, -0.2) is 30.3 Å². The molecule has 5 nitrogen and oxygen atoms in total. The fraction of sp³-hybridized carbons (Fsp3) is 0.263. The van der Waals surface area contributed by atoms with Crippen LogP contribution in [-0.2, 0) is 6.18 Å². The summed E-state index contributed by atoms with van der Waals surface area (Å²) >= 11 is 0. The predicted octanol–water partition coefficient (Wildman–Crippen LogP) is 4.02. The summed E-state index contributed by atoms with van der Waals surface area (Å²) in [5.41, 5.74) is 2.30. The molecule has 0 atom stereocenters. The maximum atomic E-state index is 12.7. The van der Waals surface area contributed by atoms with Gasteiger partial charge in [-0.15, -0.1) is 0 Å².